The first-order valence-electron chi connectivity index (χ1n) is 15.9. The molecule has 1 aromatic carbocycles. The van der Waals surface area contributed by atoms with Crippen LogP contribution in [0.5, 0.6) is 5.75 Å². The number of hydrogen-bond donors (Lipinski definition) is 2. The second-order valence-electron chi connectivity index (χ2n) is 13.9. The number of methoxy groups -OCH3 is 2. The molecule has 10 heteroatoms. The number of fused-ring (bicyclic) bond motifs is 1. The minimum Gasteiger partial charge on any atom is -0.476 e. The first kappa shape index (κ1) is 31.9. The summed E-state index contributed by atoms with van der Waals surface area (Å²) in [6, 6.07) is 5.60. The Kier molecular flexibility index (Phi) is 9.51. The van der Waals surface area contributed by atoms with E-state index in [0.29, 0.717) is 63.0 Å². The van der Waals surface area contributed by atoms with Crippen LogP contribution in [-0.4, -0.2) is 88.9 Å². The minimum absolute atomic E-state index is 0.0358. The monoisotopic (exact) mass is 598 g/mol. The number of benzene rings is 1. The van der Waals surface area contributed by atoms with Gasteiger partial charge in [-0.2, -0.15) is 0 Å². The SMILES string of the molecule is COCCCN1C(=O)C(C)(C)Oc2ccc(N(C(=O)[C@H]3CNC[C@@H](C(=O)C4NCC4(COC)CC(C)C)C3)C3CC3)cc21. The summed E-state index contributed by atoms with van der Waals surface area (Å²) in [4.78, 5) is 45.1. The van der Waals surface area contributed by atoms with Gasteiger partial charge in [-0.1, -0.05) is 13.8 Å². The van der Waals surface area contributed by atoms with E-state index in [-0.39, 0.29) is 46.9 Å². The standard InChI is InChI=1S/C33H50N4O6/c1-21(2)16-33(20-42-6)19-35-29(33)28(38)22-14-23(18-34-17-22)30(39)37(24-8-9-24)25-10-11-27-26(15-25)36(12-7-13-41-5)31(40)32(3,4)43-27/h10-11,15,21-24,29,34-35H,7-9,12-14,16-20H2,1-6H3/t22-,23+,29?,33?/m0/s1. The van der Waals surface area contributed by atoms with Crippen LogP contribution in [0.15, 0.2) is 18.2 Å². The fourth-order valence-electron chi connectivity index (χ4n) is 7.30. The van der Waals surface area contributed by atoms with Crippen molar-refractivity contribution in [3.63, 3.8) is 0 Å². The normalized spacial score (nSPS) is 28.2. The van der Waals surface area contributed by atoms with Gasteiger partial charge in [-0.05, 0) is 70.1 Å². The number of rotatable bonds is 13. The molecule has 1 saturated carbocycles. The smallest absolute Gasteiger partial charge is 0.270 e. The lowest BCUT2D eigenvalue weighted by molar-refractivity contribution is -0.138. The lowest BCUT2D eigenvalue weighted by Crippen LogP contribution is -2.69. The average molecular weight is 599 g/mol. The van der Waals surface area contributed by atoms with Crippen LogP contribution in [0.4, 0.5) is 11.4 Å². The summed E-state index contributed by atoms with van der Waals surface area (Å²) in [6.07, 6.45) is 4.01. The van der Waals surface area contributed by atoms with Crippen molar-refractivity contribution in [3.05, 3.63) is 18.2 Å². The lowest BCUT2D eigenvalue weighted by atomic mass is 9.65. The van der Waals surface area contributed by atoms with Gasteiger partial charge < -0.3 is 34.6 Å². The molecule has 0 radical (unpaired) electrons. The molecule has 3 aliphatic heterocycles. The fraction of sp³-hybridized carbons (Fsp3) is 0.727. The van der Waals surface area contributed by atoms with Crippen LogP contribution < -0.4 is 25.2 Å². The number of nitrogens with one attached hydrogen (secondary N) is 2. The van der Waals surface area contributed by atoms with Gasteiger partial charge in [-0.15, -0.1) is 0 Å². The maximum absolute atomic E-state index is 14.2. The Hall–Kier alpha value is -2.53. The zero-order chi connectivity index (χ0) is 30.9. The number of hydrogen-bond acceptors (Lipinski definition) is 8. The Morgan fingerprint density at radius 3 is 2.51 bits per heavy atom. The zero-order valence-electron chi connectivity index (χ0n) is 26.7. The third-order valence-corrected chi connectivity index (χ3v) is 9.42. The minimum atomic E-state index is -0.978. The molecule has 238 valence electrons. The second kappa shape index (κ2) is 12.8. The van der Waals surface area contributed by atoms with Crippen LogP contribution in [0.1, 0.15) is 59.8 Å². The number of piperidine rings is 1. The molecule has 2 N–H and O–H groups in total. The van der Waals surface area contributed by atoms with Crippen molar-refractivity contribution in [3.8, 4) is 5.75 Å². The first-order chi connectivity index (χ1) is 20.5. The molecule has 2 amide bonds. The molecule has 4 aliphatic rings. The third kappa shape index (κ3) is 6.48. The summed E-state index contributed by atoms with van der Waals surface area (Å²) in [6.45, 7) is 11.4. The molecule has 3 fully saturated rings. The summed E-state index contributed by atoms with van der Waals surface area (Å²) < 4.78 is 16.9. The Balaban J connectivity index is 1.35. The number of carbonyl (C=O) groups excluding carboxylic acids is 3. The summed E-state index contributed by atoms with van der Waals surface area (Å²) >= 11 is 0. The largest absolute Gasteiger partial charge is 0.476 e. The molecule has 2 saturated heterocycles. The predicted molar refractivity (Wildman–Crippen MR) is 166 cm³/mol. The van der Waals surface area contributed by atoms with Crippen molar-refractivity contribution in [2.45, 2.75) is 77.5 Å². The number of nitrogens with zero attached hydrogens (tertiary/aromatic N) is 2. The Morgan fingerprint density at radius 2 is 1.88 bits per heavy atom. The van der Waals surface area contributed by atoms with Crippen molar-refractivity contribution in [1.82, 2.24) is 10.6 Å². The molecule has 10 nitrogen and oxygen atoms in total. The number of ether oxygens (including phenoxy) is 3. The second-order valence-corrected chi connectivity index (χ2v) is 13.9. The van der Waals surface area contributed by atoms with E-state index in [9.17, 15) is 14.4 Å². The highest BCUT2D eigenvalue weighted by Crippen LogP contribution is 2.44. The molecule has 0 aromatic heterocycles. The maximum atomic E-state index is 14.2. The van der Waals surface area contributed by atoms with Crippen LogP contribution in [0.2, 0.25) is 0 Å². The van der Waals surface area contributed by atoms with Crippen molar-refractivity contribution < 1.29 is 28.6 Å². The molecular formula is C33H50N4O6. The number of anilines is 2. The van der Waals surface area contributed by atoms with Gasteiger partial charge in [0.05, 0.1) is 24.3 Å². The quantitative estimate of drug-likeness (QED) is 0.334. The van der Waals surface area contributed by atoms with Gasteiger partial charge in [0.1, 0.15) is 5.75 Å². The lowest BCUT2D eigenvalue weighted by Gasteiger charge is -2.51. The summed E-state index contributed by atoms with van der Waals surface area (Å²) in [5.41, 5.74) is 0.281. The fourth-order valence-corrected chi connectivity index (χ4v) is 7.30. The van der Waals surface area contributed by atoms with E-state index in [1.807, 2.05) is 23.1 Å². The Bertz CT molecular complexity index is 1200. The van der Waals surface area contributed by atoms with Crippen molar-refractivity contribution in [2.75, 3.05) is 63.4 Å². The molecule has 5 rings (SSSR count). The number of carbonyl (C=O) groups is 3. The van der Waals surface area contributed by atoms with E-state index in [0.717, 1.165) is 31.5 Å². The van der Waals surface area contributed by atoms with Crippen molar-refractivity contribution >= 4 is 29.0 Å². The summed E-state index contributed by atoms with van der Waals surface area (Å²) in [7, 11) is 3.35. The highest BCUT2D eigenvalue weighted by atomic mass is 16.5. The highest BCUT2D eigenvalue weighted by molar-refractivity contribution is 6.04. The Morgan fingerprint density at radius 1 is 1.14 bits per heavy atom. The molecular weight excluding hydrogens is 548 g/mol. The summed E-state index contributed by atoms with van der Waals surface area (Å²) in [5.74, 6) is 0.654. The summed E-state index contributed by atoms with van der Waals surface area (Å²) in [5, 5.41) is 6.80. The van der Waals surface area contributed by atoms with Gasteiger partial charge in [0.15, 0.2) is 11.4 Å². The van der Waals surface area contributed by atoms with Gasteiger partial charge in [0, 0.05) is 70.1 Å². The Labute approximate surface area is 256 Å². The van der Waals surface area contributed by atoms with Crippen molar-refractivity contribution in [1.29, 1.82) is 0 Å². The van der Waals surface area contributed by atoms with E-state index >= 15 is 0 Å². The van der Waals surface area contributed by atoms with Gasteiger partial charge in [0.2, 0.25) is 5.91 Å². The number of ketones is 1. The highest BCUT2D eigenvalue weighted by Gasteiger charge is 2.52. The van der Waals surface area contributed by atoms with Crippen LogP contribution >= 0.6 is 0 Å². The molecule has 4 atom stereocenters. The molecule has 2 unspecified atom stereocenters. The molecule has 3 heterocycles. The molecule has 0 bridgehead atoms. The van der Waals surface area contributed by atoms with Crippen molar-refractivity contribution in [2.24, 2.45) is 23.2 Å². The predicted octanol–water partition coefficient (Wildman–Crippen LogP) is 3.17. The zero-order valence-corrected chi connectivity index (χ0v) is 26.7. The average Bonchev–Trinajstić information content (AvgIpc) is 3.79. The van der Waals surface area contributed by atoms with E-state index < -0.39 is 5.60 Å². The molecule has 0 spiro atoms. The molecule has 1 aliphatic carbocycles. The number of Topliss-reactive ketones (excluding diaryl/α,β-unsaturated/α-hetero) is 1. The first-order valence-corrected chi connectivity index (χ1v) is 15.9. The van der Waals surface area contributed by atoms with Gasteiger partial charge in [-0.3, -0.25) is 14.4 Å². The van der Waals surface area contributed by atoms with Gasteiger partial charge in [-0.25, -0.2) is 0 Å². The van der Waals surface area contributed by atoms with Crippen LogP contribution in [0.25, 0.3) is 0 Å². The van der Waals surface area contributed by atoms with Gasteiger partial charge in [0.25, 0.3) is 5.91 Å². The number of amides is 2. The van der Waals surface area contributed by atoms with E-state index in [1.165, 1.54) is 0 Å². The molecule has 1 aromatic rings. The van der Waals surface area contributed by atoms with E-state index in [1.54, 1.807) is 33.0 Å². The van der Waals surface area contributed by atoms with E-state index in [2.05, 4.69) is 24.5 Å². The van der Waals surface area contributed by atoms with Crippen LogP contribution in [-0.2, 0) is 23.9 Å². The third-order valence-electron chi connectivity index (χ3n) is 9.42. The van der Waals surface area contributed by atoms with Crippen LogP contribution in [0.3, 0.4) is 0 Å². The van der Waals surface area contributed by atoms with Gasteiger partial charge >= 0.3 is 0 Å². The molecule has 43 heavy (non-hydrogen) atoms. The van der Waals surface area contributed by atoms with Crippen LogP contribution in [0, 0.1) is 23.2 Å². The topological polar surface area (TPSA) is 109 Å². The maximum Gasteiger partial charge on any atom is 0.270 e. The van der Waals surface area contributed by atoms with E-state index in [4.69, 9.17) is 14.2 Å².